The summed E-state index contributed by atoms with van der Waals surface area (Å²) < 4.78 is 5.14. The van der Waals surface area contributed by atoms with Crippen LogP contribution in [0.5, 0.6) is 0 Å². The highest BCUT2D eigenvalue weighted by molar-refractivity contribution is 5.49. The molecule has 0 bridgehead atoms. The number of anilines is 2. The van der Waals surface area contributed by atoms with Crippen molar-refractivity contribution in [1.29, 1.82) is 0 Å². The smallest absolute Gasteiger partial charge is 0.158 e. The number of aliphatic hydroxyl groups excluding tert-OH is 1. The van der Waals surface area contributed by atoms with Crippen molar-refractivity contribution in [2.45, 2.75) is 51.4 Å². The molecule has 1 aromatic heterocycles. The monoisotopic (exact) mass is 294 g/mol. The normalized spacial score (nSPS) is 22.1. The average Bonchev–Trinajstić information content (AvgIpc) is 2.47. The van der Waals surface area contributed by atoms with Crippen LogP contribution in [-0.4, -0.2) is 47.9 Å². The average molecular weight is 294 g/mol. The second-order valence-corrected chi connectivity index (χ2v) is 5.52. The van der Waals surface area contributed by atoms with Crippen LogP contribution >= 0.6 is 0 Å². The molecule has 2 unspecified atom stereocenters. The molecule has 1 saturated carbocycles. The van der Waals surface area contributed by atoms with Gasteiger partial charge in [0.25, 0.3) is 0 Å². The van der Waals surface area contributed by atoms with Crippen LogP contribution in [0.3, 0.4) is 0 Å². The second kappa shape index (κ2) is 7.56. The second-order valence-electron chi connectivity index (χ2n) is 5.52. The number of aliphatic hydroxyl groups is 1. The summed E-state index contributed by atoms with van der Waals surface area (Å²) in [5.41, 5.74) is 0. The Kier molecular flexibility index (Phi) is 5.76. The molecule has 6 heteroatoms. The highest BCUT2D eigenvalue weighted by Gasteiger charge is 2.27. The molecule has 0 amide bonds. The van der Waals surface area contributed by atoms with Crippen LogP contribution < -0.4 is 10.2 Å². The first-order valence-electron chi connectivity index (χ1n) is 7.67. The zero-order chi connectivity index (χ0) is 15.2. The van der Waals surface area contributed by atoms with Crippen LogP contribution in [0, 0.1) is 0 Å². The Hall–Kier alpha value is -1.40. The Morgan fingerprint density at radius 1 is 1.38 bits per heavy atom. The van der Waals surface area contributed by atoms with E-state index < -0.39 is 0 Å². The highest BCUT2D eigenvalue weighted by atomic mass is 16.5. The van der Waals surface area contributed by atoms with Crippen molar-refractivity contribution in [3.05, 3.63) is 11.9 Å². The van der Waals surface area contributed by atoms with E-state index in [-0.39, 0.29) is 12.1 Å². The molecule has 6 nitrogen and oxygen atoms in total. The fraction of sp³-hybridized carbons (Fsp3) is 0.733. The number of aromatic nitrogens is 2. The van der Waals surface area contributed by atoms with Gasteiger partial charge < -0.3 is 20.1 Å². The van der Waals surface area contributed by atoms with Gasteiger partial charge in [0.15, 0.2) is 5.82 Å². The first-order chi connectivity index (χ1) is 10.2. The lowest BCUT2D eigenvalue weighted by atomic mass is 9.91. The van der Waals surface area contributed by atoms with Crippen LogP contribution in [0.2, 0.25) is 0 Å². The van der Waals surface area contributed by atoms with E-state index in [4.69, 9.17) is 4.74 Å². The largest absolute Gasteiger partial charge is 0.391 e. The maximum atomic E-state index is 10.2. The summed E-state index contributed by atoms with van der Waals surface area (Å²) in [4.78, 5) is 11.1. The maximum Gasteiger partial charge on any atom is 0.158 e. The van der Waals surface area contributed by atoms with E-state index in [1.807, 2.05) is 20.0 Å². The van der Waals surface area contributed by atoms with Gasteiger partial charge in [-0.05, 0) is 19.8 Å². The minimum absolute atomic E-state index is 0.124. The van der Waals surface area contributed by atoms with Crippen molar-refractivity contribution in [2.75, 3.05) is 30.9 Å². The van der Waals surface area contributed by atoms with Crippen molar-refractivity contribution in [2.24, 2.45) is 0 Å². The number of methoxy groups -OCH3 is 1. The van der Waals surface area contributed by atoms with Crippen LogP contribution in [-0.2, 0) is 11.3 Å². The van der Waals surface area contributed by atoms with Crippen molar-refractivity contribution in [3.63, 3.8) is 0 Å². The molecular weight excluding hydrogens is 268 g/mol. The zero-order valence-corrected chi connectivity index (χ0v) is 13.2. The minimum atomic E-state index is -0.285. The van der Waals surface area contributed by atoms with Crippen molar-refractivity contribution in [1.82, 2.24) is 9.97 Å². The SMILES string of the molecule is CCNc1cc(N(C)C2CCCCC2O)nc(COC)n1. The lowest BCUT2D eigenvalue weighted by Crippen LogP contribution is -2.44. The van der Waals surface area contributed by atoms with Gasteiger partial charge >= 0.3 is 0 Å². The quantitative estimate of drug-likeness (QED) is 0.833. The molecule has 2 rings (SSSR count). The Bertz CT molecular complexity index is 431. The van der Waals surface area contributed by atoms with E-state index in [1.54, 1.807) is 7.11 Å². The third-order valence-corrected chi connectivity index (χ3v) is 3.94. The molecule has 0 saturated heterocycles. The van der Waals surface area contributed by atoms with E-state index in [1.165, 1.54) is 0 Å². The molecule has 2 N–H and O–H groups in total. The summed E-state index contributed by atoms with van der Waals surface area (Å²) >= 11 is 0. The fourth-order valence-corrected chi connectivity index (χ4v) is 2.84. The summed E-state index contributed by atoms with van der Waals surface area (Å²) in [5, 5.41) is 13.4. The first-order valence-corrected chi connectivity index (χ1v) is 7.67. The summed E-state index contributed by atoms with van der Waals surface area (Å²) in [7, 11) is 3.63. The standard InChI is InChI=1S/C15H26N4O2/c1-4-16-13-9-15(18-14(17-13)10-21-3)19(2)11-7-5-6-8-12(11)20/h9,11-12,20H,4-8,10H2,1-3H3,(H,16,17,18). The van der Waals surface area contributed by atoms with E-state index in [0.29, 0.717) is 12.4 Å². The van der Waals surface area contributed by atoms with Gasteiger partial charge in [-0.15, -0.1) is 0 Å². The summed E-state index contributed by atoms with van der Waals surface area (Å²) in [6.07, 6.45) is 3.84. The number of rotatable bonds is 6. The number of nitrogens with zero attached hydrogens (tertiary/aromatic N) is 3. The van der Waals surface area contributed by atoms with Gasteiger partial charge in [0.05, 0.1) is 12.1 Å². The predicted octanol–water partition coefficient (Wildman–Crippen LogP) is 1.79. The topological polar surface area (TPSA) is 70.5 Å². The van der Waals surface area contributed by atoms with Gasteiger partial charge in [0.2, 0.25) is 0 Å². The molecule has 0 aliphatic heterocycles. The molecule has 2 atom stereocenters. The number of hydrogen-bond acceptors (Lipinski definition) is 6. The van der Waals surface area contributed by atoms with Crippen molar-refractivity contribution in [3.8, 4) is 0 Å². The molecule has 0 aromatic carbocycles. The lowest BCUT2D eigenvalue weighted by molar-refractivity contribution is 0.106. The third kappa shape index (κ3) is 4.04. The fourth-order valence-electron chi connectivity index (χ4n) is 2.84. The van der Waals surface area contributed by atoms with Crippen LogP contribution in [0.4, 0.5) is 11.6 Å². The molecule has 0 spiro atoms. The summed E-state index contributed by atoms with van der Waals surface area (Å²) in [6.45, 7) is 3.22. The number of nitrogens with one attached hydrogen (secondary N) is 1. The van der Waals surface area contributed by atoms with E-state index >= 15 is 0 Å². The van der Waals surface area contributed by atoms with Gasteiger partial charge in [-0.3, -0.25) is 0 Å². The van der Waals surface area contributed by atoms with Gasteiger partial charge in [-0.25, -0.2) is 9.97 Å². The minimum Gasteiger partial charge on any atom is -0.391 e. The molecule has 21 heavy (non-hydrogen) atoms. The molecular formula is C15H26N4O2. The zero-order valence-electron chi connectivity index (χ0n) is 13.2. The summed E-state index contributed by atoms with van der Waals surface area (Å²) in [6, 6.07) is 2.06. The van der Waals surface area contributed by atoms with Gasteiger partial charge in [0, 0.05) is 26.8 Å². The number of hydrogen-bond donors (Lipinski definition) is 2. The van der Waals surface area contributed by atoms with Crippen LogP contribution in [0.1, 0.15) is 38.4 Å². The Morgan fingerprint density at radius 2 is 2.14 bits per heavy atom. The number of likely N-dealkylation sites (N-methyl/N-ethyl adjacent to an activating group) is 1. The molecule has 1 aliphatic carbocycles. The molecule has 1 heterocycles. The molecule has 118 valence electrons. The van der Waals surface area contributed by atoms with E-state index in [0.717, 1.165) is 43.9 Å². The van der Waals surface area contributed by atoms with Crippen LogP contribution in [0.15, 0.2) is 6.07 Å². The summed E-state index contributed by atoms with van der Waals surface area (Å²) in [5.74, 6) is 2.29. The molecule has 0 radical (unpaired) electrons. The molecule has 1 aromatic rings. The van der Waals surface area contributed by atoms with Gasteiger partial charge in [-0.2, -0.15) is 0 Å². The first kappa shape index (κ1) is 16.0. The number of ether oxygens (including phenoxy) is 1. The van der Waals surface area contributed by atoms with E-state index in [2.05, 4.69) is 20.2 Å². The predicted molar refractivity (Wildman–Crippen MR) is 83.6 cm³/mol. The maximum absolute atomic E-state index is 10.2. The third-order valence-electron chi connectivity index (χ3n) is 3.94. The van der Waals surface area contributed by atoms with Crippen LogP contribution in [0.25, 0.3) is 0 Å². The molecule has 1 fully saturated rings. The lowest BCUT2D eigenvalue weighted by Gasteiger charge is -2.36. The van der Waals surface area contributed by atoms with Crippen molar-refractivity contribution < 1.29 is 9.84 Å². The Labute approximate surface area is 126 Å². The van der Waals surface area contributed by atoms with Gasteiger partial charge in [-0.1, -0.05) is 12.8 Å². The Balaban J connectivity index is 2.23. The van der Waals surface area contributed by atoms with Crippen molar-refractivity contribution >= 4 is 11.6 Å². The Morgan fingerprint density at radius 3 is 2.81 bits per heavy atom. The highest BCUT2D eigenvalue weighted by Crippen LogP contribution is 2.26. The molecule has 1 aliphatic rings. The van der Waals surface area contributed by atoms with Gasteiger partial charge in [0.1, 0.15) is 18.2 Å². The van der Waals surface area contributed by atoms with E-state index in [9.17, 15) is 5.11 Å².